The number of carboxylic acid groups (broad SMARTS) is 1. The lowest BCUT2D eigenvalue weighted by Gasteiger charge is -2.51. The van der Waals surface area contributed by atoms with Crippen molar-refractivity contribution in [2.24, 2.45) is 11.7 Å². The van der Waals surface area contributed by atoms with Crippen molar-refractivity contribution in [1.29, 1.82) is 0 Å². The third-order valence-electron chi connectivity index (χ3n) is 3.69. The van der Waals surface area contributed by atoms with Crippen molar-refractivity contribution in [1.82, 2.24) is 0 Å². The molecular weight excluding hydrogens is 192 g/mol. The smallest absolute Gasteiger partial charge is 0.257 e. The standard InChI is InChI=1S/C11H22N2O2/c1-11(2,3)13(10(14)15)6-4-5-9(7-12)8-13/h9H,4-8,12H2,1-3H3/t9-,13?/m1/s1. The van der Waals surface area contributed by atoms with Crippen LogP contribution >= 0.6 is 0 Å². The molecule has 0 aliphatic carbocycles. The Morgan fingerprint density at radius 2 is 2.13 bits per heavy atom. The SMILES string of the molecule is CC(C)(C)[N+]1(C(=O)[O-])CCC[C@H](CN)C1. The van der Waals surface area contributed by atoms with Crippen LogP contribution in [0.5, 0.6) is 0 Å². The number of nitrogens with zero attached hydrogens (tertiary/aromatic N) is 1. The highest BCUT2D eigenvalue weighted by atomic mass is 16.4. The van der Waals surface area contributed by atoms with Crippen LogP contribution in [0.4, 0.5) is 4.79 Å². The molecule has 1 unspecified atom stereocenters. The molecule has 0 aromatic heterocycles. The molecule has 0 spiro atoms. The van der Waals surface area contributed by atoms with Crippen LogP contribution in [0.1, 0.15) is 33.6 Å². The second-order valence-corrected chi connectivity index (χ2v) is 5.55. The zero-order valence-electron chi connectivity index (χ0n) is 9.95. The fraction of sp³-hybridized carbons (Fsp3) is 0.909. The summed E-state index contributed by atoms with van der Waals surface area (Å²) in [6.07, 6.45) is 1.01. The normalized spacial score (nSPS) is 32.7. The highest BCUT2D eigenvalue weighted by Crippen LogP contribution is 2.32. The summed E-state index contributed by atoms with van der Waals surface area (Å²) in [5.74, 6) is 0.316. The van der Waals surface area contributed by atoms with Gasteiger partial charge in [0.05, 0.1) is 18.6 Å². The maximum absolute atomic E-state index is 11.4. The second kappa shape index (κ2) is 4.10. The summed E-state index contributed by atoms with van der Waals surface area (Å²) >= 11 is 0. The summed E-state index contributed by atoms with van der Waals surface area (Å²) in [5.41, 5.74) is 5.33. The van der Waals surface area contributed by atoms with Crippen molar-refractivity contribution in [3.8, 4) is 0 Å². The topological polar surface area (TPSA) is 66.1 Å². The third kappa shape index (κ3) is 2.16. The molecule has 0 bridgehead atoms. The van der Waals surface area contributed by atoms with Crippen molar-refractivity contribution in [3.05, 3.63) is 0 Å². The quantitative estimate of drug-likeness (QED) is 0.639. The molecule has 0 saturated carbocycles. The predicted octanol–water partition coefficient (Wildman–Crippen LogP) is 0.314. The number of quaternary nitrogens is 1. The van der Waals surface area contributed by atoms with Crippen LogP contribution in [0, 0.1) is 5.92 Å². The van der Waals surface area contributed by atoms with Gasteiger partial charge in [0, 0.05) is 12.5 Å². The van der Waals surface area contributed by atoms with E-state index in [-0.39, 0.29) is 10.0 Å². The molecule has 4 heteroatoms. The van der Waals surface area contributed by atoms with Crippen molar-refractivity contribution >= 4 is 6.09 Å². The molecule has 1 rings (SSSR count). The molecular formula is C11H22N2O2. The molecule has 0 aromatic carbocycles. The van der Waals surface area contributed by atoms with E-state index in [4.69, 9.17) is 5.73 Å². The Labute approximate surface area is 91.6 Å². The summed E-state index contributed by atoms with van der Waals surface area (Å²) in [6.45, 7) is 7.74. The van der Waals surface area contributed by atoms with Crippen LogP contribution in [0.2, 0.25) is 0 Å². The first-order chi connectivity index (χ1) is 6.83. The van der Waals surface area contributed by atoms with E-state index in [0.717, 1.165) is 12.8 Å². The highest BCUT2D eigenvalue weighted by molar-refractivity contribution is 5.54. The van der Waals surface area contributed by atoms with Gasteiger partial charge in [-0.25, -0.2) is 0 Å². The van der Waals surface area contributed by atoms with Crippen LogP contribution in [-0.4, -0.2) is 35.7 Å². The fourth-order valence-electron chi connectivity index (χ4n) is 2.51. The van der Waals surface area contributed by atoms with E-state index in [1.807, 2.05) is 20.8 Å². The van der Waals surface area contributed by atoms with Gasteiger partial charge in [-0.05, 0) is 33.6 Å². The van der Waals surface area contributed by atoms with Crippen LogP contribution in [-0.2, 0) is 0 Å². The highest BCUT2D eigenvalue weighted by Gasteiger charge is 2.45. The number of hydrogen-bond donors (Lipinski definition) is 1. The van der Waals surface area contributed by atoms with Gasteiger partial charge in [0.1, 0.15) is 0 Å². The monoisotopic (exact) mass is 214 g/mol. The molecule has 1 heterocycles. The van der Waals surface area contributed by atoms with E-state index >= 15 is 0 Å². The lowest BCUT2D eigenvalue weighted by molar-refractivity contribution is -0.926. The van der Waals surface area contributed by atoms with E-state index < -0.39 is 6.09 Å². The van der Waals surface area contributed by atoms with Gasteiger partial charge in [-0.1, -0.05) is 0 Å². The number of amides is 1. The second-order valence-electron chi connectivity index (χ2n) is 5.55. The summed E-state index contributed by atoms with van der Waals surface area (Å²) in [4.78, 5) is 11.4. The maximum Gasteiger partial charge on any atom is 0.257 e. The van der Waals surface area contributed by atoms with Gasteiger partial charge in [0.2, 0.25) is 0 Å². The molecule has 1 aliphatic rings. The molecule has 1 amide bonds. The van der Waals surface area contributed by atoms with E-state index in [1.165, 1.54) is 0 Å². The van der Waals surface area contributed by atoms with Crippen molar-refractivity contribution in [2.75, 3.05) is 19.6 Å². The van der Waals surface area contributed by atoms with Gasteiger partial charge in [-0.15, -0.1) is 0 Å². The molecule has 4 nitrogen and oxygen atoms in total. The number of rotatable bonds is 1. The van der Waals surface area contributed by atoms with Crippen molar-refractivity contribution < 1.29 is 14.4 Å². The summed E-state index contributed by atoms with van der Waals surface area (Å²) in [5, 5.41) is 11.4. The minimum Gasteiger partial charge on any atom is -0.498 e. The lowest BCUT2D eigenvalue weighted by Crippen LogP contribution is -2.71. The summed E-state index contributed by atoms with van der Waals surface area (Å²) < 4.78 is 0.0505. The van der Waals surface area contributed by atoms with E-state index in [9.17, 15) is 9.90 Å². The van der Waals surface area contributed by atoms with E-state index in [1.54, 1.807) is 0 Å². The van der Waals surface area contributed by atoms with E-state index in [0.29, 0.717) is 25.6 Å². The average molecular weight is 214 g/mol. The van der Waals surface area contributed by atoms with Crippen LogP contribution in [0.3, 0.4) is 0 Å². The van der Waals surface area contributed by atoms with Gasteiger partial charge < -0.3 is 15.6 Å². The number of carbonyl (C=O) groups excluding carboxylic acids is 1. The van der Waals surface area contributed by atoms with Crippen molar-refractivity contribution in [2.45, 2.75) is 39.2 Å². The number of likely N-dealkylation sites (tertiary alicyclic amines) is 1. The molecule has 1 fully saturated rings. The first kappa shape index (κ1) is 12.5. The summed E-state index contributed by atoms with van der Waals surface area (Å²) in [6, 6.07) is 0. The molecule has 15 heavy (non-hydrogen) atoms. The zero-order valence-corrected chi connectivity index (χ0v) is 9.95. The Morgan fingerprint density at radius 1 is 1.53 bits per heavy atom. The minimum atomic E-state index is -0.958. The zero-order chi connectivity index (χ0) is 11.7. The minimum absolute atomic E-state index is 0.0505. The van der Waals surface area contributed by atoms with Crippen LogP contribution in [0.15, 0.2) is 0 Å². The molecule has 1 saturated heterocycles. The Morgan fingerprint density at radius 3 is 2.53 bits per heavy atom. The first-order valence-electron chi connectivity index (χ1n) is 5.62. The van der Waals surface area contributed by atoms with Gasteiger partial charge in [-0.2, -0.15) is 0 Å². The molecule has 88 valence electrons. The molecule has 0 radical (unpaired) electrons. The molecule has 2 atom stereocenters. The maximum atomic E-state index is 11.4. The number of nitrogens with two attached hydrogens (primary N) is 1. The number of carbonyl (C=O) groups is 1. The Bertz CT molecular complexity index is 247. The van der Waals surface area contributed by atoms with Gasteiger partial charge in [0.15, 0.2) is 0 Å². The molecule has 2 N–H and O–H groups in total. The largest absolute Gasteiger partial charge is 0.498 e. The Balaban J connectivity index is 2.96. The number of hydrogen-bond acceptors (Lipinski definition) is 3. The van der Waals surface area contributed by atoms with Crippen LogP contribution in [0.25, 0.3) is 0 Å². The molecule has 1 aliphatic heterocycles. The lowest BCUT2D eigenvalue weighted by atomic mass is 9.90. The number of piperidine rings is 1. The Kier molecular flexibility index (Phi) is 3.41. The van der Waals surface area contributed by atoms with E-state index in [2.05, 4.69) is 0 Å². The van der Waals surface area contributed by atoms with Crippen molar-refractivity contribution in [3.63, 3.8) is 0 Å². The Hall–Kier alpha value is -0.610. The first-order valence-corrected chi connectivity index (χ1v) is 5.62. The summed E-state index contributed by atoms with van der Waals surface area (Å²) in [7, 11) is 0. The average Bonchev–Trinajstić information content (AvgIpc) is 2.16. The third-order valence-corrected chi connectivity index (χ3v) is 3.69. The predicted molar refractivity (Wildman–Crippen MR) is 56.9 cm³/mol. The van der Waals surface area contributed by atoms with Gasteiger partial charge in [-0.3, -0.25) is 4.48 Å². The fourth-order valence-corrected chi connectivity index (χ4v) is 2.51. The van der Waals surface area contributed by atoms with Gasteiger partial charge >= 0.3 is 0 Å². The molecule has 0 aromatic rings. The van der Waals surface area contributed by atoms with Gasteiger partial charge in [0.25, 0.3) is 6.09 Å². The van der Waals surface area contributed by atoms with Crippen LogP contribution < -0.4 is 10.8 Å².